The van der Waals surface area contributed by atoms with Crippen LogP contribution in [0.25, 0.3) is 0 Å². The Hall–Kier alpha value is -1.88. The molecule has 0 bridgehead atoms. The van der Waals surface area contributed by atoms with Crippen molar-refractivity contribution in [2.24, 2.45) is 0 Å². The third kappa shape index (κ3) is 5.30. The Bertz CT molecular complexity index is 775. The van der Waals surface area contributed by atoms with Crippen molar-refractivity contribution in [2.75, 3.05) is 12.4 Å². The van der Waals surface area contributed by atoms with Crippen LogP contribution in [-0.2, 0) is 11.3 Å². The van der Waals surface area contributed by atoms with Crippen molar-refractivity contribution < 1.29 is 14.5 Å². The first-order valence-corrected chi connectivity index (χ1v) is 8.71. The molecular weight excluding hydrogens is 359 g/mol. The number of nitrogens with one attached hydrogen (secondary N) is 2. The maximum absolute atomic E-state index is 12.4. The van der Waals surface area contributed by atoms with Gasteiger partial charge < -0.3 is 10.2 Å². The van der Waals surface area contributed by atoms with Gasteiger partial charge in [0.25, 0.3) is 5.91 Å². The molecule has 0 aliphatic heterocycles. The first-order chi connectivity index (χ1) is 11.8. The number of anilines is 1. The van der Waals surface area contributed by atoms with E-state index in [9.17, 15) is 9.59 Å². The molecule has 2 rings (SSSR count). The van der Waals surface area contributed by atoms with Crippen molar-refractivity contribution in [3.63, 3.8) is 0 Å². The molecule has 0 heterocycles. The van der Waals surface area contributed by atoms with Crippen LogP contribution in [0.5, 0.6) is 0 Å². The molecule has 0 radical (unpaired) electrons. The van der Waals surface area contributed by atoms with Gasteiger partial charge in [0, 0.05) is 21.8 Å². The molecule has 4 nitrogen and oxygen atoms in total. The van der Waals surface area contributed by atoms with Gasteiger partial charge in [-0.2, -0.15) is 0 Å². The van der Waals surface area contributed by atoms with Crippen molar-refractivity contribution in [1.82, 2.24) is 0 Å². The lowest BCUT2D eigenvalue weighted by Crippen LogP contribution is -3.12. The minimum Gasteiger partial charge on any atom is -0.324 e. The number of rotatable bonds is 6. The van der Waals surface area contributed by atoms with E-state index in [2.05, 4.69) is 5.32 Å². The number of benzene rings is 2. The van der Waals surface area contributed by atoms with Crippen LogP contribution >= 0.6 is 23.2 Å². The fourth-order valence-corrected chi connectivity index (χ4v) is 2.86. The fraction of sp³-hybridized carbons (Fsp3) is 0.263. The second kappa shape index (κ2) is 8.48. The molecule has 132 valence electrons. The summed E-state index contributed by atoms with van der Waals surface area (Å²) in [5.41, 5.74) is 2.22. The molecule has 0 aliphatic carbocycles. The normalized spacial score (nSPS) is 13.2. The maximum atomic E-state index is 12.4. The predicted octanol–water partition coefficient (Wildman–Crippen LogP) is 3.24. The summed E-state index contributed by atoms with van der Waals surface area (Å²) in [7, 11) is 1.94. The highest BCUT2D eigenvalue weighted by Gasteiger charge is 2.22. The molecule has 0 spiro atoms. The van der Waals surface area contributed by atoms with Gasteiger partial charge in [0.05, 0.1) is 12.1 Å². The summed E-state index contributed by atoms with van der Waals surface area (Å²) in [6.45, 7) is 3.97. The van der Waals surface area contributed by atoms with Crippen LogP contribution in [0.15, 0.2) is 42.5 Å². The molecule has 2 aromatic rings. The maximum Gasteiger partial charge on any atom is 0.282 e. The molecule has 25 heavy (non-hydrogen) atoms. The van der Waals surface area contributed by atoms with E-state index in [1.54, 1.807) is 36.4 Å². The van der Waals surface area contributed by atoms with Crippen LogP contribution in [0.2, 0.25) is 10.0 Å². The Morgan fingerprint density at radius 3 is 2.32 bits per heavy atom. The fourth-order valence-electron chi connectivity index (χ4n) is 2.38. The van der Waals surface area contributed by atoms with Crippen LogP contribution in [0.3, 0.4) is 0 Å². The van der Waals surface area contributed by atoms with E-state index in [4.69, 9.17) is 23.2 Å². The van der Waals surface area contributed by atoms with Crippen LogP contribution in [0.4, 0.5) is 5.69 Å². The number of hydrogen-bond acceptors (Lipinski definition) is 2. The molecular formula is C19H21Cl2N2O2+. The number of ketones is 1. The first kappa shape index (κ1) is 19.4. The van der Waals surface area contributed by atoms with Crippen LogP contribution in [0, 0.1) is 0 Å². The van der Waals surface area contributed by atoms with E-state index in [0.29, 0.717) is 27.8 Å². The molecule has 0 aliphatic rings. The van der Waals surface area contributed by atoms with Gasteiger partial charge in [-0.25, -0.2) is 0 Å². The number of quaternary nitrogens is 1. The van der Waals surface area contributed by atoms with Crippen molar-refractivity contribution in [3.8, 4) is 0 Å². The zero-order valence-electron chi connectivity index (χ0n) is 14.4. The van der Waals surface area contributed by atoms with E-state index in [1.807, 2.05) is 20.0 Å². The topological polar surface area (TPSA) is 50.6 Å². The van der Waals surface area contributed by atoms with E-state index >= 15 is 0 Å². The second-order valence-electron chi connectivity index (χ2n) is 6.10. The summed E-state index contributed by atoms with van der Waals surface area (Å²) < 4.78 is 0. The highest BCUT2D eigenvalue weighted by atomic mass is 35.5. The summed E-state index contributed by atoms with van der Waals surface area (Å²) in [5, 5.41) is 4.06. The summed E-state index contributed by atoms with van der Waals surface area (Å²) >= 11 is 12.1. The monoisotopic (exact) mass is 379 g/mol. The SMILES string of the molecule is CC(=O)c1ccc(NC(=O)[C@@H](C)[NH+](C)Cc2ccc(Cl)cc2Cl)cc1. The van der Waals surface area contributed by atoms with E-state index in [1.165, 1.54) is 6.92 Å². The van der Waals surface area contributed by atoms with Crippen molar-refractivity contribution in [1.29, 1.82) is 0 Å². The highest BCUT2D eigenvalue weighted by molar-refractivity contribution is 6.35. The van der Waals surface area contributed by atoms with Gasteiger partial charge >= 0.3 is 0 Å². The van der Waals surface area contributed by atoms with Crippen LogP contribution < -0.4 is 10.2 Å². The van der Waals surface area contributed by atoms with Gasteiger partial charge in [-0.15, -0.1) is 0 Å². The Labute approximate surface area is 157 Å². The molecule has 0 fully saturated rings. The summed E-state index contributed by atoms with van der Waals surface area (Å²) in [6.07, 6.45) is 0. The second-order valence-corrected chi connectivity index (χ2v) is 6.95. The number of hydrogen-bond donors (Lipinski definition) is 2. The average molecular weight is 380 g/mol. The van der Waals surface area contributed by atoms with E-state index in [-0.39, 0.29) is 17.7 Å². The minimum atomic E-state index is -0.278. The molecule has 1 unspecified atom stereocenters. The number of amides is 1. The highest BCUT2D eigenvalue weighted by Crippen LogP contribution is 2.20. The number of halogens is 2. The molecule has 6 heteroatoms. The van der Waals surface area contributed by atoms with Crippen molar-refractivity contribution in [2.45, 2.75) is 26.4 Å². The largest absolute Gasteiger partial charge is 0.324 e. The van der Waals surface area contributed by atoms with Crippen molar-refractivity contribution >= 4 is 40.6 Å². The molecule has 2 N–H and O–H groups in total. The van der Waals surface area contributed by atoms with Crippen LogP contribution in [0.1, 0.15) is 29.8 Å². The molecule has 2 atom stereocenters. The Morgan fingerprint density at radius 2 is 1.76 bits per heavy atom. The smallest absolute Gasteiger partial charge is 0.282 e. The Balaban J connectivity index is 1.99. The predicted molar refractivity (Wildman–Crippen MR) is 102 cm³/mol. The average Bonchev–Trinajstić information content (AvgIpc) is 2.57. The van der Waals surface area contributed by atoms with E-state index in [0.717, 1.165) is 10.5 Å². The van der Waals surface area contributed by atoms with Gasteiger partial charge in [0.15, 0.2) is 11.8 Å². The number of likely N-dealkylation sites (N-methyl/N-ethyl adjacent to an activating group) is 1. The number of Topliss-reactive ketones (excluding diaryl/α,β-unsaturated/α-hetero) is 1. The Morgan fingerprint density at radius 1 is 1.12 bits per heavy atom. The third-order valence-electron chi connectivity index (χ3n) is 4.18. The van der Waals surface area contributed by atoms with Gasteiger partial charge in [0.2, 0.25) is 0 Å². The van der Waals surface area contributed by atoms with Gasteiger partial charge in [0.1, 0.15) is 6.54 Å². The summed E-state index contributed by atoms with van der Waals surface area (Å²) in [6, 6.07) is 11.9. The summed E-state index contributed by atoms with van der Waals surface area (Å²) in [5.74, 6) is -0.103. The summed E-state index contributed by atoms with van der Waals surface area (Å²) in [4.78, 5) is 24.7. The van der Waals surface area contributed by atoms with Crippen molar-refractivity contribution in [3.05, 3.63) is 63.6 Å². The Kier molecular flexibility index (Phi) is 6.59. The number of carbonyl (C=O) groups excluding carboxylic acids is 2. The lowest BCUT2D eigenvalue weighted by atomic mass is 10.1. The minimum absolute atomic E-state index is 0.00438. The van der Waals surface area contributed by atoms with Gasteiger partial charge in [-0.05, 0) is 50.2 Å². The zero-order chi connectivity index (χ0) is 18.6. The standard InChI is InChI=1S/C19H20Cl2N2O2/c1-12(23(3)11-15-4-7-16(20)10-18(15)21)19(25)22-17-8-5-14(6-9-17)13(2)24/h4-10,12H,11H2,1-3H3,(H,22,25)/p+1/t12-/m1/s1. The quantitative estimate of drug-likeness (QED) is 0.756. The molecule has 0 aromatic heterocycles. The molecule has 0 saturated heterocycles. The third-order valence-corrected chi connectivity index (χ3v) is 4.76. The number of carbonyl (C=O) groups is 2. The first-order valence-electron chi connectivity index (χ1n) is 7.96. The molecule has 0 saturated carbocycles. The lowest BCUT2D eigenvalue weighted by molar-refractivity contribution is -0.907. The van der Waals surface area contributed by atoms with E-state index < -0.39 is 0 Å². The van der Waals surface area contributed by atoms with Crippen LogP contribution in [-0.4, -0.2) is 24.8 Å². The lowest BCUT2D eigenvalue weighted by Gasteiger charge is -2.21. The molecule has 1 amide bonds. The van der Waals surface area contributed by atoms with Gasteiger partial charge in [-0.3, -0.25) is 9.59 Å². The molecule has 2 aromatic carbocycles. The zero-order valence-corrected chi connectivity index (χ0v) is 15.9. The van der Waals surface area contributed by atoms with Gasteiger partial charge in [-0.1, -0.05) is 29.3 Å².